The maximum atomic E-state index is 11.7. The van der Waals surface area contributed by atoms with E-state index in [0.29, 0.717) is 24.1 Å². The highest BCUT2D eigenvalue weighted by Crippen LogP contribution is 2.29. The molecular formula is C21H28NO4+. The Balaban J connectivity index is 2.00. The van der Waals surface area contributed by atoms with Gasteiger partial charge in [-0.05, 0) is 39.0 Å². The Labute approximate surface area is 155 Å². The molecule has 2 rings (SSSR count). The first-order valence-corrected chi connectivity index (χ1v) is 8.93. The second kappa shape index (κ2) is 9.82. The standard InChI is InChI=1S/C21H27NO4/c1-5-25-21(23)16(3)26-19-12-11-17(13-20(19)24-4)14-22-15(2)18-9-7-6-8-10-18/h6-13,15-16,22H,5,14H2,1-4H3/p+1/t15-,16+/m1/s1. The van der Waals surface area contributed by atoms with E-state index in [1.807, 2.05) is 24.3 Å². The number of hydrogen-bond donors (Lipinski definition) is 1. The number of carbonyl (C=O) groups is 1. The summed E-state index contributed by atoms with van der Waals surface area (Å²) in [4.78, 5) is 11.7. The first-order valence-electron chi connectivity index (χ1n) is 8.93. The first kappa shape index (κ1) is 19.8. The molecule has 0 fully saturated rings. The van der Waals surface area contributed by atoms with E-state index >= 15 is 0 Å². The Bertz CT molecular complexity index is 702. The van der Waals surface area contributed by atoms with Gasteiger partial charge in [0.2, 0.25) is 0 Å². The van der Waals surface area contributed by atoms with Crippen LogP contribution < -0.4 is 14.8 Å². The SMILES string of the molecule is CCOC(=O)[C@H](C)Oc1ccc(C[NH2+][C@H](C)c2ccccc2)cc1OC. The van der Waals surface area contributed by atoms with Gasteiger partial charge in [0.1, 0.15) is 12.6 Å². The molecule has 0 unspecified atom stereocenters. The molecule has 0 bridgehead atoms. The van der Waals surface area contributed by atoms with Gasteiger partial charge in [-0.25, -0.2) is 4.79 Å². The van der Waals surface area contributed by atoms with E-state index < -0.39 is 6.10 Å². The minimum atomic E-state index is -0.681. The Morgan fingerprint density at radius 3 is 2.46 bits per heavy atom. The molecule has 5 nitrogen and oxygen atoms in total. The van der Waals surface area contributed by atoms with E-state index in [4.69, 9.17) is 14.2 Å². The molecule has 0 saturated carbocycles. The number of ether oxygens (including phenoxy) is 3. The van der Waals surface area contributed by atoms with Gasteiger partial charge < -0.3 is 19.5 Å². The predicted octanol–water partition coefficient (Wildman–Crippen LogP) is 2.85. The number of rotatable bonds is 9. The predicted molar refractivity (Wildman–Crippen MR) is 100 cm³/mol. The zero-order valence-electron chi connectivity index (χ0n) is 15.9. The van der Waals surface area contributed by atoms with Crippen molar-refractivity contribution in [3.63, 3.8) is 0 Å². The first-order chi connectivity index (χ1) is 12.5. The molecule has 26 heavy (non-hydrogen) atoms. The number of nitrogens with two attached hydrogens (primary N) is 1. The van der Waals surface area contributed by atoms with Crippen molar-refractivity contribution in [2.45, 2.75) is 39.5 Å². The van der Waals surface area contributed by atoms with Crippen LogP contribution in [0, 0.1) is 0 Å². The molecule has 0 radical (unpaired) electrons. The quantitative estimate of drug-likeness (QED) is 0.700. The van der Waals surface area contributed by atoms with Crippen molar-refractivity contribution in [1.29, 1.82) is 0 Å². The van der Waals surface area contributed by atoms with Crippen LogP contribution in [-0.2, 0) is 16.1 Å². The second-order valence-corrected chi connectivity index (χ2v) is 6.14. The summed E-state index contributed by atoms with van der Waals surface area (Å²) in [6.07, 6.45) is -0.681. The molecule has 0 aliphatic rings. The van der Waals surface area contributed by atoms with Crippen LogP contribution in [0.3, 0.4) is 0 Å². The molecule has 5 heteroatoms. The van der Waals surface area contributed by atoms with Gasteiger partial charge in [0, 0.05) is 11.1 Å². The van der Waals surface area contributed by atoms with Gasteiger partial charge in [-0.15, -0.1) is 0 Å². The highest BCUT2D eigenvalue weighted by Gasteiger charge is 2.18. The Morgan fingerprint density at radius 1 is 1.08 bits per heavy atom. The van der Waals surface area contributed by atoms with E-state index in [1.54, 1.807) is 21.0 Å². The summed E-state index contributed by atoms with van der Waals surface area (Å²) in [5, 5.41) is 2.27. The fourth-order valence-corrected chi connectivity index (χ4v) is 2.64. The summed E-state index contributed by atoms with van der Waals surface area (Å²) in [6, 6.07) is 16.5. The lowest BCUT2D eigenvalue weighted by atomic mass is 10.1. The maximum Gasteiger partial charge on any atom is 0.347 e. The number of quaternary nitrogens is 1. The second-order valence-electron chi connectivity index (χ2n) is 6.14. The Hall–Kier alpha value is -2.53. The van der Waals surface area contributed by atoms with Gasteiger partial charge in [-0.2, -0.15) is 0 Å². The lowest BCUT2D eigenvalue weighted by Gasteiger charge is -2.17. The van der Waals surface area contributed by atoms with Crippen molar-refractivity contribution < 1.29 is 24.3 Å². The molecule has 2 N–H and O–H groups in total. The Kier molecular flexibility index (Phi) is 7.48. The van der Waals surface area contributed by atoms with E-state index in [9.17, 15) is 4.79 Å². The molecule has 140 valence electrons. The average Bonchev–Trinajstić information content (AvgIpc) is 2.67. The third kappa shape index (κ3) is 5.49. The van der Waals surface area contributed by atoms with Crippen LogP contribution >= 0.6 is 0 Å². The third-order valence-corrected chi connectivity index (χ3v) is 4.18. The molecular weight excluding hydrogens is 330 g/mol. The molecule has 2 aromatic rings. The van der Waals surface area contributed by atoms with Crippen LogP contribution in [0.4, 0.5) is 0 Å². The minimum absolute atomic E-state index is 0.331. The van der Waals surface area contributed by atoms with Crippen LogP contribution in [0.5, 0.6) is 11.5 Å². The van der Waals surface area contributed by atoms with E-state index in [2.05, 4.69) is 36.5 Å². The smallest absolute Gasteiger partial charge is 0.347 e. The van der Waals surface area contributed by atoms with Crippen LogP contribution in [-0.4, -0.2) is 25.8 Å². The van der Waals surface area contributed by atoms with Crippen LogP contribution in [0.2, 0.25) is 0 Å². The lowest BCUT2D eigenvalue weighted by Crippen LogP contribution is -2.83. The molecule has 0 amide bonds. The van der Waals surface area contributed by atoms with Crippen molar-refractivity contribution in [2.75, 3.05) is 13.7 Å². The van der Waals surface area contributed by atoms with Crippen LogP contribution in [0.1, 0.15) is 37.9 Å². The summed E-state index contributed by atoms with van der Waals surface area (Å²) < 4.78 is 16.1. The van der Waals surface area contributed by atoms with Crippen molar-refractivity contribution in [1.82, 2.24) is 0 Å². The van der Waals surface area contributed by atoms with E-state index in [0.717, 1.165) is 12.1 Å². The van der Waals surface area contributed by atoms with Gasteiger partial charge >= 0.3 is 5.97 Å². The summed E-state index contributed by atoms with van der Waals surface area (Å²) in [5.74, 6) is 0.760. The molecule has 0 aliphatic heterocycles. The fourth-order valence-electron chi connectivity index (χ4n) is 2.64. The molecule has 0 heterocycles. The van der Waals surface area contributed by atoms with Crippen LogP contribution in [0.15, 0.2) is 48.5 Å². The number of hydrogen-bond acceptors (Lipinski definition) is 4. The molecule has 0 saturated heterocycles. The zero-order valence-corrected chi connectivity index (χ0v) is 15.9. The minimum Gasteiger partial charge on any atom is -0.493 e. The van der Waals surface area contributed by atoms with Crippen molar-refractivity contribution in [2.24, 2.45) is 0 Å². The summed E-state index contributed by atoms with van der Waals surface area (Å²) in [5.41, 5.74) is 2.42. The van der Waals surface area contributed by atoms with Gasteiger partial charge in [0.25, 0.3) is 0 Å². The lowest BCUT2D eigenvalue weighted by molar-refractivity contribution is -0.707. The average molecular weight is 358 g/mol. The molecule has 0 spiro atoms. The summed E-state index contributed by atoms with van der Waals surface area (Å²) in [7, 11) is 1.59. The molecule has 2 atom stereocenters. The van der Waals surface area contributed by atoms with Gasteiger partial charge in [-0.1, -0.05) is 30.3 Å². The normalized spacial score (nSPS) is 12.9. The summed E-state index contributed by atoms with van der Waals surface area (Å²) in [6.45, 7) is 6.77. The van der Waals surface area contributed by atoms with Crippen molar-refractivity contribution in [3.8, 4) is 11.5 Å². The van der Waals surface area contributed by atoms with E-state index in [1.165, 1.54) is 5.56 Å². The van der Waals surface area contributed by atoms with E-state index in [-0.39, 0.29) is 5.97 Å². The van der Waals surface area contributed by atoms with Crippen LogP contribution in [0.25, 0.3) is 0 Å². The highest BCUT2D eigenvalue weighted by atomic mass is 16.6. The van der Waals surface area contributed by atoms with Crippen molar-refractivity contribution in [3.05, 3.63) is 59.7 Å². The third-order valence-electron chi connectivity index (χ3n) is 4.18. The van der Waals surface area contributed by atoms with Crippen molar-refractivity contribution >= 4 is 5.97 Å². The number of carbonyl (C=O) groups excluding carboxylic acids is 1. The fraction of sp³-hybridized carbons (Fsp3) is 0.381. The molecule has 0 aliphatic carbocycles. The largest absolute Gasteiger partial charge is 0.493 e. The van der Waals surface area contributed by atoms with Gasteiger partial charge in [0.15, 0.2) is 17.6 Å². The topological polar surface area (TPSA) is 61.4 Å². The monoisotopic (exact) mass is 358 g/mol. The van der Waals surface area contributed by atoms with Gasteiger partial charge in [-0.3, -0.25) is 0 Å². The number of benzene rings is 2. The summed E-state index contributed by atoms with van der Waals surface area (Å²) >= 11 is 0. The Morgan fingerprint density at radius 2 is 1.81 bits per heavy atom. The number of esters is 1. The molecule has 0 aromatic heterocycles. The van der Waals surface area contributed by atoms with Gasteiger partial charge in [0.05, 0.1) is 13.7 Å². The highest BCUT2D eigenvalue weighted by molar-refractivity contribution is 5.74. The maximum absolute atomic E-state index is 11.7. The number of methoxy groups -OCH3 is 1. The molecule has 2 aromatic carbocycles. The zero-order chi connectivity index (χ0) is 18.9.